The van der Waals surface area contributed by atoms with Gasteiger partial charge in [-0.2, -0.15) is 4.72 Å². The maximum atomic E-state index is 12.6. The number of ether oxygens (including phenoxy) is 1. The van der Waals surface area contributed by atoms with Crippen molar-refractivity contribution < 1.29 is 22.7 Å². The number of sulfonamides is 1. The van der Waals surface area contributed by atoms with E-state index in [2.05, 4.69) is 9.71 Å². The van der Waals surface area contributed by atoms with Gasteiger partial charge in [0.1, 0.15) is 6.54 Å². The summed E-state index contributed by atoms with van der Waals surface area (Å²) in [5.74, 6) is -1.20. The van der Waals surface area contributed by atoms with Crippen molar-refractivity contribution in [1.29, 1.82) is 0 Å². The molecule has 0 fully saturated rings. The number of H-pyrrole nitrogens is 1. The minimum absolute atomic E-state index is 0.0660. The molecule has 2 N–H and O–H groups in total. The number of esters is 1. The molecule has 0 aliphatic rings. The van der Waals surface area contributed by atoms with Crippen LogP contribution in [0.15, 0.2) is 53.6 Å². The van der Waals surface area contributed by atoms with E-state index < -0.39 is 28.6 Å². The lowest BCUT2D eigenvalue weighted by atomic mass is 10.1. The topological polar surface area (TPSA) is 105 Å². The zero-order valence-corrected chi connectivity index (χ0v) is 17.2. The first kappa shape index (κ1) is 20.8. The molecular weight excluding hydrogens is 392 g/mol. The van der Waals surface area contributed by atoms with Gasteiger partial charge in [0.15, 0.2) is 6.10 Å². The Morgan fingerprint density at radius 2 is 1.83 bits per heavy atom. The van der Waals surface area contributed by atoms with Crippen molar-refractivity contribution in [3.8, 4) is 0 Å². The molecule has 0 aliphatic heterocycles. The summed E-state index contributed by atoms with van der Waals surface area (Å²) in [6, 6.07) is 12.0. The molecule has 1 aromatic heterocycles. The highest BCUT2D eigenvalue weighted by atomic mass is 32.2. The van der Waals surface area contributed by atoms with Gasteiger partial charge in [0.2, 0.25) is 15.8 Å². The zero-order valence-electron chi connectivity index (χ0n) is 16.4. The van der Waals surface area contributed by atoms with E-state index in [1.54, 1.807) is 25.3 Å². The van der Waals surface area contributed by atoms with Crippen LogP contribution in [0.3, 0.4) is 0 Å². The summed E-state index contributed by atoms with van der Waals surface area (Å²) in [7, 11) is -3.86. The molecule has 2 aromatic carbocycles. The third kappa shape index (κ3) is 4.55. The van der Waals surface area contributed by atoms with Crippen molar-refractivity contribution in [3.63, 3.8) is 0 Å². The minimum Gasteiger partial charge on any atom is -0.453 e. The molecular formula is C21H22N2O5S. The number of aromatic nitrogens is 1. The van der Waals surface area contributed by atoms with Gasteiger partial charge in [0, 0.05) is 22.7 Å². The van der Waals surface area contributed by atoms with Crippen molar-refractivity contribution in [2.45, 2.75) is 31.8 Å². The van der Waals surface area contributed by atoms with Crippen LogP contribution in [0.4, 0.5) is 0 Å². The number of hydrogen-bond acceptors (Lipinski definition) is 5. The standard InChI is InChI=1S/C21H22N2O5S/c1-13-8-9-16(10-14(13)2)29(26,27)23-12-20(24)28-15(3)21(25)18-11-22-19-7-5-4-6-17(18)19/h4-11,15,22-23H,12H2,1-3H3/t15-/m1/s1. The molecule has 8 heteroatoms. The number of nitrogens with one attached hydrogen (secondary N) is 2. The van der Waals surface area contributed by atoms with Gasteiger partial charge in [-0.3, -0.25) is 9.59 Å². The predicted octanol–water partition coefficient (Wildman–Crippen LogP) is 2.88. The number of Topliss-reactive ketones (excluding diaryl/α,β-unsaturated/α-hetero) is 1. The minimum atomic E-state index is -3.86. The number of fused-ring (bicyclic) bond motifs is 1. The summed E-state index contributed by atoms with van der Waals surface area (Å²) >= 11 is 0. The summed E-state index contributed by atoms with van der Waals surface area (Å²) in [4.78, 5) is 27.8. The highest BCUT2D eigenvalue weighted by Gasteiger charge is 2.23. The number of hydrogen-bond donors (Lipinski definition) is 2. The largest absolute Gasteiger partial charge is 0.453 e. The molecule has 0 spiro atoms. The highest BCUT2D eigenvalue weighted by molar-refractivity contribution is 7.89. The summed E-state index contributed by atoms with van der Waals surface area (Å²) in [5.41, 5.74) is 3.01. The second kappa shape index (κ2) is 8.18. The summed E-state index contributed by atoms with van der Waals surface area (Å²) < 4.78 is 32.1. The van der Waals surface area contributed by atoms with Crippen molar-refractivity contribution in [2.24, 2.45) is 0 Å². The molecule has 7 nitrogen and oxygen atoms in total. The maximum absolute atomic E-state index is 12.6. The Hall–Kier alpha value is -2.97. The zero-order chi connectivity index (χ0) is 21.2. The van der Waals surface area contributed by atoms with E-state index in [0.717, 1.165) is 22.0 Å². The number of benzene rings is 2. The summed E-state index contributed by atoms with van der Waals surface area (Å²) in [5, 5.41) is 0.732. The van der Waals surface area contributed by atoms with E-state index in [4.69, 9.17) is 4.74 Å². The van der Waals surface area contributed by atoms with E-state index >= 15 is 0 Å². The van der Waals surface area contributed by atoms with E-state index in [-0.39, 0.29) is 10.7 Å². The Morgan fingerprint density at radius 1 is 1.10 bits per heavy atom. The molecule has 0 unspecified atom stereocenters. The van der Waals surface area contributed by atoms with E-state index in [1.807, 2.05) is 25.1 Å². The van der Waals surface area contributed by atoms with Crippen molar-refractivity contribution >= 4 is 32.7 Å². The average molecular weight is 414 g/mol. The Bertz CT molecular complexity index is 1180. The third-order valence-corrected chi connectivity index (χ3v) is 6.13. The molecule has 0 radical (unpaired) electrons. The molecule has 0 saturated carbocycles. The first-order valence-corrected chi connectivity index (χ1v) is 10.5. The number of carbonyl (C=O) groups excluding carboxylic acids is 2. The molecule has 3 rings (SSSR count). The van der Waals surface area contributed by atoms with Gasteiger partial charge in [-0.1, -0.05) is 24.3 Å². The lowest BCUT2D eigenvalue weighted by molar-refractivity contribution is -0.144. The second-order valence-corrected chi connectivity index (χ2v) is 8.58. The fraction of sp³-hybridized carbons (Fsp3) is 0.238. The normalized spacial score (nSPS) is 12.7. The van der Waals surface area contributed by atoms with Crippen molar-refractivity contribution in [3.05, 3.63) is 65.4 Å². The number of rotatable bonds is 7. The molecule has 3 aromatic rings. The quantitative estimate of drug-likeness (QED) is 0.457. The van der Waals surface area contributed by atoms with Crippen LogP contribution in [0.5, 0.6) is 0 Å². The third-order valence-electron chi connectivity index (χ3n) is 4.73. The highest BCUT2D eigenvalue weighted by Crippen LogP contribution is 2.20. The molecule has 1 heterocycles. The molecule has 0 saturated heterocycles. The van der Waals surface area contributed by atoms with Gasteiger partial charge in [-0.15, -0.1) is 0 Å². The van der Waals surface area contributed by atoms with Crippen LogP contribution in [0, 0.1) is 13.8 Å². The maximum Gasteiger partial charge on any atom is 0.321 e. The molecule has 1 atom stereocenters. The van der Waals surface area contributed by atoms with E-state index in [9.17, 15) is 18.0 Å². The number of para-hydroxylation sites is 1. The Kier molecular flexibility index (Phi) is 5.86. The summed E-state index contributed by atoms with van der Waals surface area (Å²) in [6.45, 7) is 4.57. The Balaban J connectivity index is 1.62. The Labute approximate surface area is 169 Å². The first-order chi connectivity index (χ1) is 13.7. The van der Waals surface area contributed by atoms with Crippen LogP contribution >= 0.6 is 0 Å². The molecule has 0 amide bonds. The van der Waals surface area contributed by atoms with Gasteiger partial charge in [0.05, 0.1) is 4.90 Å². The molecule has 0 aliphatic carbocycles. The van der Waals surface area contributed by atoms with Gasteiger partial charge in [0.25, 0.3) is 0 Å². The second-order valence-electron chi connectivity index (χ2n) is 6.81. The van der Waals surface area contributed by atoms with Gasteiger partial charge in [-0.05, 0) is 50.1 Å². The summed E-state index contributed by atoms with van der Waals surface area (Å²) in [6.07, 6.45) is 0.521. The van der Waals surface area contributed by atoms with Crippen LogP contribution in [0.1, 0.15) is 28.4 Å². The molecule has 0 bridgehead atoms. The molecule has 29 heavy (non-hydrogen) atoms. The van der Waals surface area contributed by atoms with Crippen LogP contribution < -0.4 is 4.72 Å². The van der Waals surface area contributed by atoms with Gasteiger partial charge < -0.3 is 9.72 Å². The molecule has 152 valence electrons. The number of carbonyl (C=O) groups is 2. The lowest BCUT2D eigenvalue weighted by Gasteiger charge is -2.13. The Morgan fingerprint density at radius 3 is 2.55 bits per heavy atom. The van der Waals surface area contributed by atoms with Gasteiger partial charge in [-0.25, -0.2) is 8.42 Å². The van der Waals surface area contributed by atoms with Crippen LogP contribution in [-0.4, -0.2) is 37.8 Å². The van der Waals surface area contributed by atoms with Crippen LogP contribution in [-0.2, 0) is 19.6 Å². The first-order valence-electron chi connectivity index (χ1n) is 9.06. The average Bonchev–Trinajstić information content (AvgIpc) is 3.12. The van der Waals surface area contributed by atoms with Gasteiger partial charge >= 0.3 is 5.97 Å². The monoisotopic (exact) mass is 414 g/mol. The number of ketones is 1. The van der Waals surface area contributed by atoms with Crippen LogP contribution in [0.2, 0.25) is 0 Å². The predicted molar refractivity (Wildman–Crippen MR) is 109 cm³/mol. The van der Waals surface area contributed by atoms with Crippen molar-refractivity contribution in [2.75, 3.05) is 6.54 Å². The van der Waals surface area contributed by atoms with E-state index in [1.165, 1.54) is 19.1 Å². The number of aromatic amines is 1. The van der Waals surface area contributed by atoms with Crippen LogP contribution in [0.25, 0.3) is 10.9 Å². The van der Waals surface area contributed by atoms with Crippen molar-refractivity contribution in [1.82, 2.24) is 9.71 Å². The SMILES string of the molecule is Cc1ccc(S(=O)(=O)NCC(=O)O[C@H](C)C(=O)c2c[nH]c3ccccc23)cc1C. The fourth-order valence-electron chi connectivity index (χ4n) is 2.91. The van der Waals surface area contributed by atoms with E-state index in [0.29, 0.717) is 5.56 Å². The lowest BCUT2D eigenvalue weighted by Crippen LogP contribution is -2.34. The number of aryl methyl sites for hydroxylation is 2. The fourth-order valence-corrected chi connectivity index (χ4v) is 3.96. The smallest absolute Gasteiger partial charge is 0.321 e.